The van der Waals surface area contributed by atoms with Crippen LogP contribution in [0.25, 0.3) is 20.9 Å². The lowest BCUT2D eigenvalue weighted by Gasteiger charge is -2.22. The van der Waals surface area contributed by atoms with Gasteiger partial charge in [0.15, 0.2) is 10.6 Å². The molecule has 0 spiro atoms. The van der Waals surface area contributed by atoms with Crippen LogP contribution in [0.3, 0.4) is 0 Å². The van der Waals surface area contributed by atoms with E-state index >= 15 is 0 Å². The third kappa shape index (κ3) is 3.32. The number of hydrogen-bond donors (Lipinski definition) is 2. The van der Waals surface area contributed by atoms with Crippen molar-refractivity contribution in [3.05, 3.63) is 49.9 Å². The smallest absolute Gasteiger partial charge is 0.268 e. The Kier molecular flexibility index (Phi) is 4.96. The van der Waals surface area contributed by atoms with Crippen molar-refractivity contribution in [3.63, 3.8) is 0 Å². The Hall–Kier alpha value is -2.63. The summed E-state index contributed by atoms with van der Waals surface area (Å²) in [5, 5.41) is 10.8. The SMILES string of the molecule is CC(C(=O)N(C)Cc1nc2ccsc2c(=O)[nH]1)n1c(-c2cccs2)n[nH]c1=S. The summed E-state index contributed by atoms with van der Waals surface area (Å²) in [7, 11) is 1.67. The monoisotopic (exact) mass is 432 g/mol. The summed E-state index contributed by atoms with van der Waals surface area (Å²) in [4.78, 5) is 34.8. The molecular weight excluding hydrogens is 416 g/mol. The van der Waals surface area contributed by atoms with Crippen molar-refractivity contribution >= 4 is 51.0 Å². The number of carbonyl (C=O) groups is 1. The zero-order valence-corrected chi connectivity index (χ0v) is 17.5. The van der Waals surface area contributed by atoms with Gasteiger partial charge in [-0.25, -0.2) is 4.98 Å². The fraction of sp³-hybridized carbons (Fsp3) is 0.235. The average Bonchev–Trinajstić information content (AvgIpc) is 3.40. The zero-order chi connectivity index (χ0) is 19.8. The first kappa shape index (κ1) is 18.7. The normalized spacial score (nSPS) is 12.4. The van der Waals surface area contributed by atoms with E-state index in [4.69, 9.17) is 12.2 Å². The van der Waals surface area contributed by atoms with Crippen molar-refractivity contribution in [2.45, 2.75) is 19.5 Å². The number of carbonyl (C=O) groups excluding carboxylic acids is 1. The number of nitrogens with zero attached hydrogens (tertiary/aromatic N) is 4. The average molecular weight is 433 g/mol. The van der Waals surface area contributed by atoms with Crippen LogP contribution in [-0.4, -0.2) is 42.6 Å². The number of rotatable bonds is 5. The van der Waals surface area contributed by atoms with E-state index in [1.807, 2.05) is 22.9 Å². The van der Waals surface area contributed by atoms with Crippen molar-refractivity contribution in [2.75, 3.05) is 7.05 Å². The molecule has 1 amide bonds. The number of fused-ring (bicyclic) bond motifs is 1. The van der Waals surface area contributed by atoms with Gasteiger partial charge >= 0.3 is 0 Å². The topological polar surface area (TPSA) is 99.7 Å². The van der Waals surface area contributed by atoms with Crippen LogP contribution in [0, 0.1) is 4.77 Å². The van der Waals surface area contributed by atoms with Gasteiger partial charge in [0.25, 0.3) is 5.56 Å². The molecule has 0 bridgehead atoms. The molecule has 4 aromatic rings. The van der Waals surface area contributed by atoms with E-state index in [2.05, 4.69) is 20.2 Å². The number of nitrogens with one attached hydrogen (secondary N) is 2. The quantitative estimate of drug-likeness (QED) is 0.472. The van der Waals surface area contributed by atoms with Crippen molar-refractivity contribution < 1.29 is 4.79 Å². The number of hydrogen-bond acceptors (Lipinski definition) is 7. The van der Waals surface area contributed by atoms with Crippen LogP contribution in [0.4, 0.5) is 0 Å². The minimum absolute atomic E-state index is 0.164. The molecule has 4 aromatic heterocycles. The highest BCUT2D eigenvalue weighted by Gasteiger charge is 2.24. The Balaban J connectivity index is 1.59. The molecule has 144 valence electrons. The predicted octanol–water partition coefficient (Wildman–Crippen LogP) is 3.19. The zero-order valence-electron chi connectivity index (χ0n) is 15.0. The highest BCUT2D eigenvalue weighted by atomic mass is 32.1. The largest absolute Gasteiger partial charge is 0.336 e. The Bertz CT molecular complexity index is 1250. The first-order valence-electron chi connectivity index (χ1n) is 8.38. The lowest BCUT2D eigenvalue weighted by Crippen LogP contribution is -2.34. The molecule has 0 fully saturated rings. The van der Waals surface area contributed by atoms with Crippen molar-refractivity contribution in [3.8, 4) is 10.7 Å². The fourth-order valence-electron chi connectivity index (χ4n) is 2.97. The first-order chi connectivity index (χ1) is 13.5. The molecular formula is C17H16N6O2S3. The van der Waals surface area contributed by atoms with Gasteiger partial charge in [-0.15, -0.1) is 22.7 Å². The molecule has 2 N–H and O–H groups in total. The van der Waals surface area contributed by atoms with Gasteiger partial charge in [0.2, 0.25) is 5.91 Å². The third-order valence-electron chi connectivity index (χ3n) is 4.32. The second-order valence-corrected chi connectivity index (χ2v) is 8.47. The molecule has 11 heteroatoms. The summed E-state index contributed by atoms with van der Waals surface area (Å²) in [6, 6.07) is 5.08. The van der Waals surface area contributed by atoms with Crippen LogP contribution in [-0.2, 0) is 11.3 Å². The van der Waals surface area contributed by atoms with Crippen molar-refractivity contribution in [2.24, 2.45) is 0 Å². The van der Waals surface area contributed by atoms with Gasteiger partial charge < -0.3 is 9.88 Å². The number of H-pyrrole nitrogens is 2. The van der Waals surface area contributed by atoms with Gasteiger partial charge in [-0.05, 0) is 42.0 Å². The summed E-state index contributed by atoms with van der Waals surface area (Å²) in [5.41, 5.74) is 0.440. The summed E-state index contributed by atoms with van der Waals surface area (Å²) in [6.07, 6.45) is 0. The fourth-order valence-corrected chi connectivity index (χ4v) is 4.70. The van der Waals surface area contributed by atoms with E-state index < -0.39 is 6.04 Å². The molecule has 0 aliphatic carbocycles. The molecule has 1 atom stereocenters. The number of aromatic nitrogens is 5. The molecule has 1 unspecified atom stereocenters. The second-order valence-electron chi connectivity index (χ2n) is 6.22. The van der Waals surface area contributed by atoms with Crippen LogP contribution in [0.2, 0.25) is 0 Å². The van der Waals surface area contributed by atoms with Gasteiger partial charge in [-0.1, -0.05) is 6.07 Å². The van der Waals surface area contributed by atoms with Crippen molar-refractivity contribution in [1.82, 2.24) is 29.6 Å². The van der Waals surface area contributed by atoms with E-state index in [0.29, 0.717) is 26.6 Å². The molecule has 0 aliphatic heterocycles. The van der Waals surface area contributed by atoms with Gasteiger partial charge in [-0.3, -0.25) is 19.3 Å². The van der Waals surface area contributed by atoms with Crippen LogP contribution in [0.15, 0.2) is 33.8 Å². The molecule has 4 rings (SSSR count). The van der Waals surface area contributed by atoms with E-state index in [1.54, 1.807) is 24.6 Å². The van der Waals surface area contributed by atoms with Gasteiger partial charge in [0, 0.05) is 7.05 Å². The van der Waals surface area contributed by atoms with E-state index in [0.717, 1.165) is 4.88 Å². The highest BCUT2D eigenvalue weighted by molar-refractivity contribution is 7.71. The highest BCUT2D eigenvalue weighted by Crippen LogP contribution is 2.26. The Morgan fingerprint density at radius 3 is 2.93 bits per heavy atom. The van der Waals surface area contributed by atoms with Gasteiger partial charge in [0.1, 0.15) is 16.6 Å². The second kappa shape index (κ2) is 7.41. The number of thiophene rings is 2. The van der Waals surface area contributed by atoms with E-state index in [-0.39, 0.29) is 18.0 Å². The minimum atomic E-state index is -0.565. The van der Waals surface area contributed by atoms with Crippen molar-refractivity contribution in [1.29, 1.82) is 0 Å². The summed E-state index contributed by atoms with van der Waals surface area (Å²) in [5.74, 6) is 0.900. The first-order valence-corrected chi connectivity index (χ1v) is 10.5. The maximum absolute atomic E-state index is 13.0. The number of likely N-dealkylation sites (N-methyl/N-ethyl adjacent to an activating group) is 1. The minimum Gasteiger partial charge on any atom is -0.336 e. The van der Waals surface area contributed by atoms with E-state index in [1.165, 1.54) is 27.6 Å². The molecule has 28 heavy (non-hydrogen) atoms. The van der Waals surface area contributed by atoms with Crippen LogP contribution >= 0.6 is 34.9 Å². The summed E-state index contributed by atoms with van der Waals surface area (Å²) >= 11 is 8.20. The predicted molar refractivity (Wildman–Crippen MR) is 112 cm³/mol. The molecule has 0 aromatic carbocycles. The van der Waals surface area contributed by atoms with Gasteiger partial charge in [0.05, 0.1) is 16.9 Å². The lowest BCUT2D eigenvalue weighted by molar-refractivity contribution is -0.133. The Morgan fingerprint density at radius 2 is 2.18 bits per heavy atom. The molecule has 0 aliphatic rings. The molecule has 0 saturated carbocycles. The van der Waals surface area contributed by atoms with E-state index in [9.17, 15) is 9.59 Å². The van der Waals surface area contributed by atoms with Gasteiger partial charge in [-0.2, -0.15) is 5.10 Å². The third-order valence-corrected chi connectivity index (χ3v) is 6.37. The van der Waals surface area contributed by atoms with Crippen LogP contribution in [0.1, 0.15) is 18.8 Å². The maximum atomic E-state index is 13.0. The molecule has 0 saturated heterocycles. The molecule has 8 nitrogen and oxygen atoms in total. The number of amides is 1. The molecule has 4 heterocycles. The maximum Gasteiger partial charge on any atom is 0.268 e. The molecule has 0 radical (unpaired) electrons. The lowest BCUT2D eigenvalue weighted by atomic mass is 10.2. The summed E-state index contributed by atoms with van der Waals surface area (Å²) in [6.45, 7) is 1.96. The van der Waals surface area contributed by atoms with Crippen LogP contribution < -0.4 is 5.56 Å². The standard InChI is InChI=1S/C17H16N6O2S3/c1-9(23-14(20-21-17(23)26)11-4-3-6-27-11)16(25)22(2)8-12-18-10-5-7-28-13(10)15(24)19-12/h3-7,9H,8H2,1-2H3,(H,21,26)(H,18,19,24). The summed E-state index contributed by atoms with van der Waals surface area (Å²) < 4.78 is 2.67. The Morgan fingerprint density at radius 1 is 1.36 bits per heavy atom. The number of aromatic amines is 2. The van der Waals surface area contributed by atoms with Crippen LogP contribution in [0.5, 0.6) is 0 Å². The Labute approximate surface area is 172 Å².